The van der Waals surface area contributed by atoms with E-state index in [0.717, 1.165) is 52.2 Å². The Balaban J connectivity index is 1.21. The van der Waals surface area contributed by atoms with Crippen LogP contribution in [0.4, 0.5) is 0 Å². The number of nitrogens with zero attached hydrogens (tertiary/aromatic N) is 3. The molecule has 7 rings (SSSR count). The fraction of sp³-hybridized carbons (Fsp3) is 0.524. The number of phenols is 1. The van der Waals surface area contributed by atoms with Gasteiger partial charge in [0.05, 0.1) is 70.9 Å². The molecule has 24 heteroatoms. The fourth-order valence-electron chi connectivity index (χ4n) is 10.9. The first-order chi connectivity index (χ1) is 41.2. The van der Waals surface area contributed by atoms with E-state index in [2.05, 4.69) is 33.5 Å². The third-order valence-electron chi connectivity index (χ3n) is 16.2. The lowest BCUT2D eigenvalue weighted by Crippen LogP contribution is -2.64. The summed E-state index contributed by atoms with van der Waals surface area (Å²) >= 11 is 0. The first-order valence-corrected chi connectivity index (χ1v) is 29.7. The predicted molar refractivity (Wildman–Crippen MR) is 320 cm³/mol. The Bertz CT molecular complexity index is 2950. The molecule has 13 N–H and O–H groups in total. The molecule has 0 bridgehead atoms. The molecule has 4 aromatic carbocycles. The minimum absolute atomic E-state index is 0.0172. The number of aliphatic hydroxyl groups is 7. The van der Waals surface area contributed by atoms with Crippen LogP contribution in [-0.4, -0.2) is 230 Å². The summed E-state index contributed by atoms with van der Waals surface area (Å²) in [6, 6.07) is 16.8. The van der Waals surface area contributed by atoms with Crippen LogP contribution in [0.2, 0.25) is 0 Å². The second-order valence-electron chi connectivity index (χ2n) is 24.2. The number of amides is 6. The van der Waals surface area contributed by atoms with Crippen LogP contribution >= 0.6 is 0 Å². The number of carbonyl (C=O) groups is 6. The Hall–Kier alpha value is -7.10. The molecule has 3 aliphatic rings. The Labute approximate surface area is 507 Å². The molecule has 0 radical (unpaired) electrons. The third kappa shape index (κ3) is 17.6. The molecule has 24 nitrogen and oxygen atoms in total. The van der Waals surface area contributed by atoms with E-state index in [0.29, 0.717) is 17.6 Å². The van der Waals surface area contributed by atoms with Crippen LogP contribution in [0.15, 0.2) is 97.1 Å². The van der Waals surface area contributed by atoms with E-state index in [4.69, 9.17) is 9.47 Å². The van der Waals surface area contributed by atoms with Gasteiger partial charge in [-0.15, -0.1) is 0 Å². The van der Waals surface area contributed by atoms with Crippen LogP contribution in [-0.2, 0) is 28.7 Å². The van der Waals surface area contributed by atoms with Gasteiger partial charge in [0.2, 0.25) is 29.5 Å². The summed E-state index contributed by atoms with van der Waals surface area (Å²) in [6.45, 7) is 6.33. The second-order valence-corrected chi connectivity index (χ2v) is 24.2. The van der Waals surface area contributed by atoms with Gasteiger partial charge in [0.1, 0.15) is 66.7 Å². The number of hydrogen-bond acceptors (Lipinski definition) is 17. The monoisotopic (exact) mass is 1210 g/mol. The van der Waals surface area contributed by atoms with E-state index in [1.807, 2.05) is 69.7 Å². The van der Waals surface area contributed by atoms with Gasteiger partial charge in [0.15, 0.2) is 0 Å². The number of phenolic OH excluding ortho intramolecular Hbond substituents is 1. The topological polar surface area (TPSA) is 349 Å². The fourth-order valence-corrected chi connectivity index (χ4v) is 10.9. The molecule has 3 fully saturated rings. The number of ether oxygens (including phenoxy) is 2. The quantitative estimate of drug-likeness (QED) is 0.0470. The SMILES string of the molecule is CCCCCOc1ccc(-c2ccc(-c3ccc(C(=O)NC4CC(O)C(OCC[N+](C)(C)C)NCC5C(O)C(C)CN5C(=O)C(C(C)O)NC(=O)C(C(O)C(O)c5ccc(O)cc5)NC(=O)C5CC(O)CN5C(=O)C(C(C)O)NC4=O)cc3)cc2)cc1. The van der Waals surface area contributed by atoms with Crippen LogP contribution in [0.1, 0.15) is 81.8 Å². The van der Waals surface area contributed by atoms with E-state index in [-0.39, 0.29) is 36.6 Å². The molecule has 3 saturated heterocycles. The maximum atomic E-state index is 14.8. The zero-order valence-electron chi connectivity index (χ0n) is 50.4. The van der Waals surface area contributed by atoms with Gasteiger partial charge in [-0.3, -0.25) is 34.1 Å². The Morgan fingerprint density at radius 1 is 0.678 bits per heavy atom. The predicted octanol–water partition coefficient (Wildman–Crippen LogP) is 0.277. The Morgan fingerprint density at radius 2 is 1.22 bits per heavy atom. The highest BCUT2D eigenvalue weighted by atomic mass is 16.5. The van der Waals surface area contributed by atoms with Crippen LogP contribution in [0.3, 0.4) is 0 Å². The molecule has 0 aromatic heterocycles. The largest absolute Gasteiger partial charge is 0.508 e. The number of nitrogens with one attached hydrogen (secondary N) is 5. The number of aromatic hydroxyl groups is 1. The molecule has 6 amide bonds. The van der Waals surface area contributed by atoms with Gasteiger partial charge in [0, 0.05) is 44.0 Å². The zero-order valence-corrected chi connectivity index (χ0v) is 50.4. The number of rotatable bonds is 18. The summed E-state index contributed by atoms with van der Waals surface area (Å²) in [5.41, 5.74) is 3.67. The van der Waals surface area contributed by atoms with Crippen LogP contribution in [0.5, 0.6) is 11.5 Å². The normalized spacial score (nSPS) is 26.9. The average Bonchev–Trinajstić information content (AvgIpc) is 2.60. The average molecular weight is 1210 g/mol. The second kappa shape index (κ2) is 30.2. The number of unbranched alkanes of at least 4 members (excludes halogenated alkanes) is 2. The molecular weight excluding hydrogens is 1120 g/mol. The van der Waals surface area contributed by atoms with E-state index in [9.17, 15) is 69.6 Å². The number of carbonyl (C=O) groups excluding carboxylic acids is 6. The summed E-state index contributed by atoms with van der Waals surface area (Å²) in [6.07, 6.45) is -11.1. The van der Waals surface area contributed by atoms with Crippen molar-refractivity contribution in [1.82, 2.24) is 36.4 Å². The standard InChI is InChI=1S/C63H86N8O16/c1-8-9-10-28-86-46-25-21-41(22-26-46)39-13-11-38(12-14-39)40-15-17-43(18-16-40)57(80)65-47-31-50(76)61(87-29-27-71(5,6)7)64-32-49-54(77)35(2)33-69(49)62(84)52(37(4)73)67-60(83)53(56(79)55(78)42-19-23-44(74)24-20-42)68-59(82)48-30-45(75)34-70(48)63(85)51(36(3)72)66-58(47)81/h11-26,35-37,45,47-56,61,64,72-73,75-79H,8-10,27-34H2,1-7H3,(H4-,65,66,67,68,74,80,81,82,83)/p+1. The van der Waals surface area contributed by atoms with Crippen LogP contribution in [0.25, 0.3) is 22.3 Å². The number of hydrogen-bond donors (Lipinski definition) is 13. The number of fused-ring (bicyclic) bond motifs is 2. The number of aliphatic hydroxyl groups excluding tert-OH is 7. The first-order valence-electron chi connectivity index (χ1n) is 29.7. The molecule has 474 valence electrons. The molecule has 0 saturated carbocycles. The molecule has 15 atom stereocenters. The molecule has 3 aliphatic heterocycles. The molecule has 3 heterocycles. The summed E-state index contributed by atoms with van der Waals surface area (Å²) in [4.78, 5) is 89.7. The molecule has 0 spiro atoms. The van der Waals surface area contributed by atoms with Crippen molar-refractivity contribution >= 4 is 35.4 Å². The van der Waals surface area contributed by atoms with Crippen molar-refractivity contribution < 1.29 is 83.6 Å². The van der Waals surface area contributed by atoms with E-state index in [1.54, 1.807) is 31.2 Å². The highest BCUT2D eigenvalue weighted by molar-refractivity contribution is 6.00. The summed E-state index contributed by atoms with van der Waals surface area (Å²) < 4.78 is 12.6. The van der Waals surface area contributed by atoms with Gasteiger partial charge in [-0.1, -0.05) is 87.4 Å². The minimum Gasteiger partial charge on any atom is -0.508 e. The smallest absolute Gasteiger partial charge is 0.251 e. The van der Waals surface area contributed by atoms with Crippen molar-refractivity contribution in [3.05, 3.63) is 108 Å². The van der Waals surface area contributed by atoms with E-state index < -0.39 is 146 Å². The van der Waals surface area contributed by atoms with Gasteiger partial charge in [-0.2, -0.15) is 0 Å². The molecule has 0 aliphatic carbocycles. The van der Waals surface area contributed by atoms with Gasteiger partial charge >= 0.3 is 0 Å². The summed E-state index contributed by atoms with van der Waals surface area (Å²) in [7, 11) is 5.72. The van der Waals surface area contributed by atoms with Crippen molar-refractivity contribution in [2.24, 2.45) is 5.92 Å². The Kier molecular flexibility index (Phi) is 23.4. The van der Waals surface area contributed by atoms with Gasteiger partial charge < -0.3 is 85.9 Å². The summed E-state index contributed by atoms with van der Waals surface area (Å²) in [5, 5.41) is 104. The highest BCUT2D eigenvalue weighted by Crippen LogP contribution is 2.30. The van der Waals surface area contributed by atoms with Crippen molar-refractivity contribution in [3.63, 3.8) is 0 Å². The lowest BCUT2D eigenvalue weighted by atomic mass is 9.96. The number of likely N-dealkylation sites (N-methyl/N-ethyl adjacent to an activating group) is 1. The molecular formula is C63H87N8O16+. The van der Waals surface area contributed by atoms with Gasteiger partial charge in [-0.25, -0.2) is 0 Å². The van der Waals surface area contributed by atoms with Crippen LogP contribution < -0.4 is 31.3 Å². The molecule has 87 heavy (non-hydrogen) atoms. The zero-order chi connectivity index (χ0) is 63.4. The van der Waals surface area contributed by atoms with Gasteiger partial charge in [0.25, 0.3) is 5.91 Å². The van der Waals surface area contributed by atoms with E-state index in [1.165, 1.54) is 43.0 Å². The van der Waals surface area contributed by atoms with Gasteiger partial charge in [-0.05, 0) is 84.5 Å². The van der Waals surface area contributed by atoms with Crippen molar-refractivity contribution in [1.29, 1.82) is 0 Å². The third-order valence-corrected chi connectivity index (χ3v) is 16.2. The number of benzene rings is 4. The van der Waals surface area contributed by atoms with Crippen molar-refractivity contribution in [2.75, 3.05) is 60.5 Å². The maximum Gasteiger partial charge on any atom is 0.251 e. The maximum absolute atomic E-state index is 14.8. The van der Waals surface area contributed by atoms with Crippen LogP contribution in [0, 0.1) is 5.92 Å². The first kappa shape index (κ1) is 67.4. The lowest BCUT2D eigenvalue weighted by molar-refractivity contribution is -0.870. The number of quaternary nitrogens is 1. The highest BCUT2D eigenvalue weighted by Gasteiger charge is 2.48. The Morgan fingerprint density at radius 3 is 1.78 bits per heavy atom. The molecule has 4 aromatic rings. The lowest BCUT2D eigenvalue weighted by Gasteiger charge is -2.35. The van der Waals surface area contributed by atoms with Crippen molar-refractivity contribution in [3.8, 4) is 33.8 Å². The minimum atomic E-state index is -2.23. The summed E-state index contributed by atoms with van der Waals surface area (Å²) in [5.74, 6) is -6.31. The van der Waals surface area contributed by atoms with E-state index >= 15 is 0 Å². The molecule has 15 unspecified atom stereocenters. The van der Waals surface area contributed by atoms with Crippen molar-refractivity contribution in [2.45, 2.75) is 145 Å².